The lowest BCUT2D eigenvalue weighted by atomic mass is 10.0. The summed E-state index contributed by atoms with van der Waals surface area (Å²) >= 11 is 3.33. The molecule has 2 aromatic rings. The van der Waals surface area contributed by atoms with E-state index in [1.807, 2.05) is 6.92 Å². The van der Waals surface area contributed by atoms with Gasteiger partial charge in [-0.15, -0.1) is 0 Å². The van der Waals surface area contributed by atoms with Gasteiger partial charge in [0.1, 0.15) is 17.4 Å². The third kappa shape index (κ3) is 3.28. The Morgan fingerprint density at radius 1 is 1.20 bits per heavy atom. The molecule has 0 saturated carbocycles. The third-order valence-electron chi connectivity index (χ3n) is 3.03. The van der Waals surface area contributed by atoms with Crippen LogP contribution in [0.1, 0.15) is 24.9 Å². The van der Waals surface area contributed by atoms with Gasteiger partial charge in [0.05, 0.1) is 11.7 Å². The van der Waals surface area contributed by atoms with Crippen LogP contribution in [0.15, 0.2) is 40.9 Å². The van der Waals surface area contributed by atoms with Crippen LogP contribution in [0.2, 0.25) is 0 Å². The molecule has 0 aliphatic carbocycles. The Hall–Kier alpha value is -1.62. The van der Waals surface area contributed by atoms with Crippen molar-refractivity contribution in [2.24, 2.45) is 0 Å². The van der Waals surface area contributed by atoms with Gasteiger partial charge in [-0.3, -0.25) is 0 Å². The van der Waals surface area contributed by atoms with E-state index in [1.54, 1.807) is 18.2 Å². The molecule has 0 heterocycles. The van der Waals surface area contributed by atoms with Crippen molar-refractivity contribution in [1.82, 2.24) is 0 Å². The fraction of sp³-hybridized carbons (Fsp3) is 0.200. The smallest absolute Gasteiger partial charge is 0.146 e. The van der Waals surface area contributed by atoms with Crippen molar-refractivity contribution in [2.45, 2.75) is 19.4 Å². The molecule has 1 unspecified atom stereocenters. The average Bonchev–Trinajstić information content (AvgIpc) is 2.42. The van der Waals surface area contributed by atoms with E-state index in [0.717, 1.165) is 22.7 Å². The van der Waals surface area contributed by atoms with E-state index in [9.17, 15) is 13.9 Å². The Morgan fingerprint density at radius 2 is 1.95 bits per heavy atom. The molecule has 1 atom stereocenters. The molecule has 20 heavy (non-hydrogen) atoms. The van der Waals surface area contributed by atoms with E-state index in [2.05, 4.69) is 21.2 Å². The molecular formula is C15H14BrF2NO. The monoisotopic (exact) mass is 341 g/mol. The molecule has 0 fully saturated rings. The number of rotatable bonds is 4. The van der Waals surface area contributed by atoms with Crippen LogP contribution < -0.4 is 5.32 Å². The molecule has 2 aromatic carbocycles. The minimum atomic E-state index is -0.528. The van der Waals surface area contributed by atoms with Gasteiger partial charge in [-0.05, 0) is 42.8 Å². The van der Waals surface area contributed by atoms with Gasteiger partial charge in [-0.2, -0.15) is 0 Å². The highest BCUT2D eigenvalue weighted by molar-refractivity contribution is 9.10. The summed E-state index contributed by atoms with van der Waals surface area (Å²) in [5.74, 6) is -0.925. The molecule has 2 rings (SSSR count). The zero-order chi connectivity index (χ0) is 14.7. The predicted octanol–water partition coefficient (Wildman–Crippen LogP) is 5.00. The first-order chi connectivity index (χ1) is 9.51. The van der Waals surface area contributed by atoms with Crippen LogP contribution in [0.5, 0.6) is 5.75 Å². The third-order valence-corrected chi connectivity index (χ3v) is 3.52. The van der Waals surface area contributed by atoms with Crippen molar-refractivity contribution in [1.29, 1.82) is 0 Å². The lowest BCUT2D eigenvalue weighted by Gasteiger charge is -2.20. The predicted molar refractivity (Wildman–Crippen MR) is 78.8 cm³/mol. The van der Waals surface area contributed by atoms with Gasteiger partial charge in [-0.25, -0.2) is 8.78 Å². The summed E-state index contributed by atoms with van der Waals surface area (Å²) in [5, 5.41) is 12.8. The summed E-state index contributed by atoms with van der Waals surface area (Å²) in [6.07, 6.45) is 0.611. The Kier molecular flexibility index (Phi) is 4.60. The van der Waals surface area contributed by atoms with Gasteiger partial charge >= 0.3 is 0 Å². The second kappa shape index (κ2) is 6.22. The van der Waals surface area contributed by atoms with Crippen LogP contribution in [-0.4, -0.2) is 5.11 Å². The molecule has 0 spiro atoms. The summed E-state index contributed by atoms with van der Waals surface area (Å²) in [6.45, 7) is 1.90. The van der Waals surface area contributed by atoms with Crippen LogP contribution in [0.3, 0.4) is 0 Å². The van der Waals surface area contributed by atoms with Crippen molar-refractivity contribution < 1.29 is 13.9 Å². The zero-order valence-electron chi connectivity index (χ0n) is 10.8. The highest BCUT2D eigenvalue weighted by Crippen LogP contribution is 2.32. The lowest BCUT2D eigenvalue weighted by molar-refractivity contribution is 0.462. The van der Waals surface area contributed by atoms with Crippen LogP contribution in [-0.2, 0) is 0 Å². The molecule has 0 radical (unpaired) electrons. The molecule has 5 heteroatoms. The number of hydrogen-bond donors (Lipinski definition) is 2. The lowest BCUT2D eigenvalue weighted by Crippen LogP contribution is -2.11. The van der Waals surface area contributed by atoms with Crippen LogP contribution >= 0.6 is 15.9 Å². The van der Waals surface area contributed by atoms with Crippen molar-refractivity contribution in [3.63, 3.8) is 0 Å². The first-order valence-electron chi connectivity index (χ1n) is 6.21. The summed E-state index contributed by atoms with van der Waals surface area (Å²) in [6, 6.07) is 7.97. The molecule has 0 aliphatic rings. The molecule has 0 bridgehead atoms. The van der Waals surface area contributed by atoms with Gasteiger partial charge in [-0.1, -0.05) is 22.9 Å². The van der Waals surface area contributed by atoms with Crippen molar-refractivity contribution >= 4 is 21.6 Å². The molecule has 2 nitrogen and oxygen atoms in total. The molecule has 2 N–H and O–H groups in total. The normalized spacial score (nSPS) is 12.2. The number of halogens is 3. The van der Waals surface area contributed by atoms with Gasteiger partial charge in [0.15, 0.2) is 0 Å². The topological polar surface area (TPSA) is 32.3 Å². The van der Waals surface area contributed by atoms with Crippen LogP contribution in [0.4, 0.5) is 14.5 Å². The maximum absolute atomic E-state index is 13.7. The van der Waals surface area contributed by atoms with E-state index in [0.29, 0.717) is 12.0 Å². The summed E-state index contributed by atoms with van der Waals surface area (Å²) in [4.78, 5) is 0. The number of anilines is 1. The summed E-state index contributed by atoms with van der Waals surface area (Å²) in [7, 11) is 0. The van der Waals surface area contributed by atoms with Gasteiger partial charge < -0.3 is 10.4 Å². The second-order valence-electron chi connectivity index (χ2n) is 4.43. The van der Waals surface area contributed by atoms with Gasteiger partial charge in [0.25, 0.3) is 0 Å². The number of benzene rings is 2. The zero-order valence-corrected chi connectivity index (χ0v) is 12.4. The highest BCUT2D eigenvalue weighted by atomic mass is 79.9. The molecule has 0 aliphatic heterocycles. The van der Waals surface area contributed by atoms with Gasteiger partial charge in [0, 0.05) is 10.0 Å². The highest BCUT2D eigenvalue weighted by Gasteiger charge is 2.16. The Morgan fingerprint density at radius 3 is 2.65 bits per heavy atom. The van der Waals surface area contributed by atoms with Crippen LogP contribution in [0, 0.1) is 11.6 Å². The van der Waals surface area contributed by atoms with E-state index in [1.165, 1.54) is 0 Å². The van der Waals surface area contributed by atoms with E-state index >= 15 is 0 Å². The molecule has 0 aromatic heterocycles. The number of aromatic hydroxyl groups is 1. The maximum Gasteiger partial charge on any atom is 0.146 e. The molecule has 0 saturated heterocycles. The van der Waals surface area contributed by atoms with Gasteiger partial charge in [0.2, 0.25) is 0 Å². The number of phenolic OH excluding ortho intramolecular Hbond substituents is 1. The Balaban J connectivity index is 2.33. The summed E-state index contributed by atoms with van der Waals surface area (Å²) < 4.78 is 27.7. The SMILES string of the molecule is CCC(Nc1cc(F)ccc1F)c1cc(Br)ccc1O. The standard InChI is InChI=1S/C15H14BrF2NO/c1-2-13(11-7-9(16)3-6-15(11)20)19-14-8-10(17)4-5-12(14)18/h3-8,13,19-20H,2H2,1H3. The van der Waals surface area contributed by atoms with E-state index < -0.39 is 11.6 Å². The Labute approximate surface area is 124 Å². The quantitative estimate of drug-likeness (QED) is 0.820. The fourth-order valence-corrected chi connectivity index (χ4v) is 2.38. The Bertz CT molecular complexity index is 619. The van der Waals surface area contributed by atoms with E-state index in [4.69, 9.17) is 0 Å². The average molecular weight is 342 g/mol. The second-order valence-corrected chi connectivity index (χ2v) is 5.35. The largest absolute Gasteiger partial charge is 0.508 e. The first-order valence-corrected chi connectivity index (χ1v) is 7.00. The minimum Gasteiger partial charge on any atom is -0.508 e. The van der Waals surface area contributed by atoms with Crippen molar-refractivity contribution in [3.8, 4) is 5.75 Å². The minimum absolute atomic E-state index is 0.0798. The first kappa shape index (κ1) is 14.8. The van der Waals surface area contributed by atoms with Crippen molar-refractivity contribution in [3.05, 3.63) is 58.1 Å². The van der Waals surface area contributed by atoms with E-state index in [-0.39, 0.29) is 17.5 Å². The maximum atomic E-state index is 13.7. The molecule has 106 valence electrons. The number of phenols is 1. The van der Waals surface area contributed by atoms with Crippen LogP contribution in [0.25, 0.3) is 0 Å². The fourth-order valence-electron chi connectivity index (χ4n) is 2.00. The van der Waals surface area contributed by atoms with Crippen molar-refractivity contribution in [2.75, 3.05) is 5.32 Å². The molecular weight excluding hydrogens is 328 g/mol. The molecule has 0 amide bonds. The summed E-state index contributed by atoms with van der Waals surface area (Å²) in [5.41, 5.74) is 0.710. The number of hydrogen-bond acceptors (Lipinski definition) is 2. The number of nitrogens with one attached hydrogen (secondary N) is 1.